The molecule has 3 N–H and O–H groups in total. The fourth-order valence-corrected chi connectivity index (χ4v) is 2.65. The monoisotopic (exact) mass is 292 g/mol. The third kappa shape index (κ3) is 5.28. The molecule has 96 valence electrons. The number of benzene rings is 1. The Morgan fingerprint density at radius 1 is 1.18 bits per heavy atom. The molecule has 1 rings (SSSR count). The molecule has 17 heavy (non-hydrogen) atoms. The Kier molecular flexibility index (Phi) is 6.93. The highest BCUT2D eigenvalue weighted by atomic mass is 35.5. The third-order valence-corrected chi connectivity index (χ3v) is 3.68. The Balaban J connectivity index is 2.36. The van der Waals surface area contributed by atoms with Crippen LogP contribution in [0.1, 0.15) is 19.3 Å². The number of thioether (sulfide) groups is 1. The fraction of sp³-hybridized carbons (Fsp3) is 0.500. The molecule has 0 aliphatic carbocycles. The Bertz CT molecular complexity index is 335. The van der Waals surface area contributed by atoms with Gasteiger partial charge in [0.05, 0.1) is 15.7 Å². The summed E-state index contributed by atoms with van der Waals surface area (Å²) in [6, 6.07) is 3.42. The molecule has 0 fully saturated rings. The van der Waals surface area contributed by atoms with Crippen molar-refractivity contribution in [2.24, 2.45) is 0 Å². The second kappa shape index (κ2) is 7.96. The van der Waals surface area contributed by atoms with E-state index in [4.69, 9.17) is 28.9 Å². The molecule has 0 atom stereocenters. The third-order valence-electron chi connectivity index (χ3n) is 2.39. The summed E-state index contributed by atoms with van der Waals surface area (Å²) in [4.78, 5) is 0. The van der Waals surface area contributed by atoms with Gasteiger partial charge in [0.25, 0.3) is 0 Å². The zero-order chi connectivity index (χ0) is 12.7. The number of nitrogens with one attached hydrogen (secondary N) is 1. The van der Waals surface area contributed by atoms with E-state index in [2.05, 4.69) is 11.6 Å². The first-order chi connectivity index (χ1) is 8.15. The van der Waals surface area contributed by atoms with Crippen molar-refractivity contribution in [1.29, 1.82) is 0 Å². The smallest absolute Gasteiger partial charge is 0.0720 e. The van der Waals surface area contributed by atoms with Gasteiger partial charge in [0.1, 0.15) is 0 Å². The summed E-state index contributed by atoms with van der Waals surface area (Å²) in [6.07, 6.45) is 5.73. The highest BCUT2D eigenvalue weighted by molar-refractivity contribution is 7.98. The highest BCUT2D eigenvalue weighted by Gasteiger charge is 2.06. The van der Waals surface area contributed by atoms with Gasteiger partial charge in [0.2, 0.25) is 0 Å². The van der Waals surface area contributed by atoms with Crippen molar-refractivity contribution >= 4 is 46.3 Å². The molecule has 1 aromatic rings. The lowest BCUT2D eigenvalue weighted by Gasteiger charge is -2.11. The van der Waals surface area contributed by atoms with E-state index in [1.165, 1.54) is 18.6 Å². The quantitative estimate of drug-likeness (QED) is 0.573. The molecule has 0 saturated heterocycles. The Morgan fingerprint density at radius 3 is 2.41 bits per heavy atom. The van der Waals surface area contributed by atoms with Crippen molar-refractivity contribution < 1.29 is 0 Å². The van der Waals surface area contributed by atoms with Crippen LogP contribution < -0.4 is 11.1 Å². The summed E-state index contributed by atoms with van der Waals surface area (Å²) in [7, 11) is 0. The largest absolute Gasteiger partial charge is 0.399 e. The average Bonchev–Trinajstić information content (AvgIpc) is 2.26. The second-order valence-corrected chi connectivity index (χ2v) is 5.64. The number of rotatable bonds is 7. The van der Waals surface area contributed by atoms with Gasteiger partial charge in [-0.15, -0.1) is 0 Å². The van der Waals surface area contributed by atoms with Gasteiger partial charge in [-0.05, 0) is 37.0 Å². The van der Waals surface area contributed by atoms with Crippen molar-refractivity contribution in [3.05, 3.63) is 22.2 Å². The van der Waals surface area contributed by atoms with Gasteiger partial charge in [0, 0.05) is 12.2 Å². The van der Waals surface area contributed by atoms with Gasteiger partial charge < -0.3 is 11.1 Å². The van der Waals surface area contributed by atoms with Crippen molar-refractivity contribution in [2.45, 2.75) is 19.3 Å². The van der Waals surface area contributed by atoms with E-state index in [1.807, 2.05) is 11.8 Å². The summed E-state index contributed by atoms with van der Waals surface area (Å²) in [5, 5.41) is 4.42. The van der Waals surface area contributed by atoms with Crippen molar-refractivity contribution in [2.75, 3.05) is 29.6 Å². The van der Waals surface area contributed by atoms with Crippen LogP contribution in [0.3, 0.4) is 0 Å². The molecular formula is C12H18Cl2N2S. The lowest BCUT2D eigenvalue weighted by molar-refractivity contribution is 0.750. The number of unbranched alkanes of at least 4 members (excludes halogenated alkanes) is 2. The Labute approximate surface area is 117 Å². The minimum absolute atomic E-state index is 0.583. The summed E-state index contributed by atoms with van der Waals surface area (Å²) >= 11 is 14.0. The molecule has 0 heterocycles. The van der Waals surface area contributed by atoms with Crippen LogP contribution in [0.25, 0.3) is 0 Å². The first kappa shape index (κ1) is 14.8. The maximum atomic E-state index is 6.07. The van der Waals surface area contributed by atoms with Crippen LogP contribution in [-0.4, -0.2) is 18.6 Å². The predicted octanol–water partition coefficient (Wildman–Crippen LogP) is 4.52. The van der Waals surface area contributed by atoms with Crippen molar-refractivity contribution in [3.63, 3.8) is 0 Å². The maximum Gasteiger partial charge on any atom is 0.0720 e. The molecule has 0 aliphatic rings. The van der Waals surface area contributed by atoms with Gasteiger partial charge in [-0.3, -0.25) is 0 Å². The normalized spacial score (nSPS) is 10.5. The minimum atomic E-state index is 0.583. The predicted molar refractivity (Wildman–Crippen MR) is 81.6 cm³/mol. The topological polar surface area (TPSA) is 38.0 Å². The fourth-order valence-electron chi connectivity index (χ4n) is 1.52. The van der Waals surface area contributed by atoms with E-state index in [0.717, 1.165) is 18.7 Å². The molecule has 0 aliphatic heterocycles. The molecule has 0 amide bonds. The minimum Gasteiger partial charge on any atom is -0.399 e. The molecule has 0 unspecified atom stereocenters. The molecule has 0 bridgehead atoms. The second-order valence-electron chi connectivity index (χ2n) is 3.84. The number of halogens is 2. The first-order valence-electron chi connectivity index (χ1n) is 5.62. The zero-order valence-electron chi connectivity index (χ0n) is 9.93. The van der Waals surface area contributed by atoms with Crippen molar-refractivity contribution in [3.8, 4) is 0 Å². The Hall–Kier alpha value is -0.250. The molecule has 0 spiro atoms. The van der Waals surface area contributed by atoms with Crippen LogP contribution in [-0.2, 0) is 0 Å². The lowest BCUT2D eigenvalue weighted by atomic mass is 10.2. The van der Waals surface area contributed by atoms with Gasteiger partial charge in [-0.1, -0.05) is 29.6 Å². The van der Waals surface area contributed by atoms with Crippen LogP contribution in [0.5, 0.6) is 0 Å². The standard InChI is InChI=1S/C12H18Cl2N2S/c1-17-6-4-2-3-5-16-12-10(13)7-9(15)8-11(12)14/h7-8,16H,2-6,15H2,1H3. The highest BCUT2D eigenvalue weighted by Crippen LogP contribution is 2.32. The summed E-state index contributed by atoms with van der Waals surface area (Å²) < 4.78 is 0. The van der Waals surface area contributed by atoms with Crippen molar-refractivity contribution in [1.82, 2.24) is 0 Å². The number of hydrogen-bond acceptors (Lipinski definition) is 3. The zero-order valence-corrected chi connectivity index (χ0v) is 12.3. The van der Waals surface area contributed by atoms with Gasteiger partial charge in [-0.2, -0.15) is 11.8 Å². The average molecular weight is 293 g/mol. The van der Waals surface area contributed by atoms with E-state index in [1.54, 1.807) is 12.1 Å². The molecule has 0 radical (unpaired) electrons. The molecular weight excluding hydrogens is 275 g/mol. The van der Waals surface area contributed by atoms with Gasteiger partial charge >= 0.3 is 0 Å². The van der Waals surface area contributed by atoms with E-state index < -0.39 is 0 Å². The summed E-state index contributed by atoms with van der Waals surface area (Å²) in [5.74, 6) is 1.23. The van der Waals surface area contributed by atoms with Crippen LogP contribution in [0.2, 0.25) is 10.0 Å². The Morgan fingerprint density at radius 2 is 1.82 bits per heavy atom. The van der Waals surface area contributed by atoms with Crippen LogP contribution in [0.4, 0.5) is 11.4 Å². The molecule has 5 heteroatoms. The summed E-state index contributed by atoms with van der Waals surface area (Å²) in [5.41, 5.74) is 7.01. The van der Waals surface area contributed by atoms with Crippen LogP contribution in [0, 0.1) is 0 Å². The molecule has 1 aromatic carbocycles. The molecule has 2 nitrogen and oxygen atoms in total. The van der Waals surface area contributed by atoms with E-state index in [-0.39, 0.29) is 0 Å². The lowest BCUT2D eigenvalue weighted by Crippen LogP contribution is -2.03. The maximum absolute atomic E-state index is 6.07. The number of nitrogens with two attached hydrogens (primary N) is 1. The number of hydrogen-bond donors (Lipinski definition) is 2. The van der Waals surface area contributed by atoms with E-state index >= 15 is 0 Å². The van der Waals surface area contributed by atoms with Gasteiger partial charge in [0.15, 0.2) is 0 Å². The van der Waals surface area contributed by atoms with Crippen LogP contribution in [0.15, 0.2) is 12.1 Å². The molecule has 0 saturated carbocycles. The first-order valence-corrected chi connectivity index (χ1v) is 7.77. The van der Waals surface area contributed by atoms with Gasteiger partial charge in [-0.25, -0.2) is 0 Å². The summed E-state index contributed by atoms with van der Waals surface area (Å²) in [6.45, 7) is 0.887. The van der Waals surface area contributed by atoms with E-state index in [9.17, 15) is 0 Å². The molecule has 0 aromatic heterocycles. The number of nitrogen functional groups attached to an aromatic ring is 1. The number of anilines is 2. The van der Waals surface area contributed by atoms with E-state index in [0.29, 0.717) is 15.7 Å². The SMILES string of the molecule is CSCCCCCNc1c(Cl)cc(N)cc1Cl. The van der Waals surface area contributed by atoms with Crippen LogP contribution >= 0.6 is 35.0 Å².